The predicted molar refractivity (Wildman–Crippen MR) is 595 cm³/mol. The standard InChI is InChI=1S/C12H15NO2.2C12H17NO.C12H19N.C11H16O.C10H13N3.C10H15N.C9H9NO2.2C8H7NO2.C8H10O2.C7H9N/c1-12(2,3)8-5-6-9-10(7-8)15-11(14)13(9)4;2*1-9(14)13-11-7-5-10(6-8-11)12(2,3)4;1-5-13-11-8-6-10(7-9-11)12(2,3)4;1-11(2,3)9-6-5-7-10(8-9)12-4;1-10(2,3)7-4-5-8-9(6-7)12-13-11-8;1-10(2,3)8-4-6-9(11)7-5-8;1-6-4-3-5-7-8(6)12-9(11)10(7)2;1-5-2-3-6-7(4-5)11-8(10)9-6;1-5-3-2-4-6-7(5)11-8(10)9-6;1-6-3-4-7(10-2)5-8(6)9;1-6-3-7(2)5-8-4-6/h5-7H,1-4H3;2*5-8H,1-4H3,(H,13,14);6-9,13H,5H2,1-4H3;5-8H,1-4H3;4-6H,1-3H3,(H,11,12,13);4-7H,11H2,1-3H3;3-5H,1-2H3;2*2-4H,1H3,(H,9,10);3-5,9H,1-2H3;3-5H,1-2H3. The molecule has 144 heavy (non-hydrogen) atoms. The lowest BCUT2D eigenvalue weighted by Gasteiger charge is -2.19. The molecule has 9 N–H and O–H groups in total. The Morgan fingerprint density at radius 1 is 0.382 bits per heavy atom. The van der Waals surface area contributed by atoms with Gasteiger partial charge in [0.25, 0.3) is 0 Å². The maximum atomic E-state index is 11.3. The first-order valence-electron chi connectivity index (χ1n) is 48.1. The topological polar surface area (TPSA) is 352 Å². The molecule has 6 heterocycles. The number of oxazole rings is 4. The summed E-state index contributed by atoms with van der Waals surface area (Å²) in [5, 5.41) is 28.6. The Labute approximate surface area is 849 Å². The number of hydrogen-bond donors (Lipinski definition) is 8. The number of amides is 2. The summed E-state index contributed by atoms with van der Waals surface area (Å²) in [7, 11) is 6.68. The molecule has 0 radical (unpaired) electrons. The molecule has 0 fully saturated rings. The SMILES string of the molecule is CC(=O)Nc1ccc(C(C)(C)C)cc1.CC(=O)Nc1ccc(C(C)(C)C)cc1.CC(C)(C)c1ccc(N)cc1.CC(C)(C)c1ccc2n[nH]nc2c1.CCNc1ccc(C(C)(C)C)cc1.COc1ccc(C)c(O)c1.COc1cccc(C(C)(C)C)c1.Cc1ccc2[nH]c(=O)oc2c1.Cc1cccc2[nH]c(=O)oc12.Cc1cccc2c1oc(=O)n2C.Cc1cncc(C)c1.Cn1c(=O)oc2cc(C(C)(C)C)ccc21. The average molecular weight is 1960 g/mol. The number of carbonyl (C=O) groups is 2. The minimum Gasteiger partial charge on any atom is -0.508 e. The number of anilines is 4. The fourth-order valence-electron chi connectivity index (χ4n) is 13.7. The van der Waals surface area contributed by atoms with E-state index in [0.717, 1.165) is 84.7 Å². The average Bonchev–Trinajstić information content (AvgIpc) is 1.66. The first kappa shape index (κ1) is 118. The minimum absolute atomic E-state index is 0.0338. The molecule has 17 aromatic rings. The van der Waals surface area contributed by atoms with Crippen molar-refractivity contribution in [1.82, 2.24) is 39.5 Å². The van der Waals surface area contributed by atoms with Gasteiger partial charge in [0.15, 0.2) is 22.3 Å². The maximum absolute atomic E-state index is 11.3. The van der Waals surface area contributed by atoms with Gasteiger partial charge in [0.05, 0.1) is 36.3 Å². The van der Waals surface area contributed by atoms with Gasteiger partial charge < -0.3 is 53.9 Å². The van der Waals surface area contributed by atoms with Gasteiger partial charge in [-0.25, -0.2) is 19.2 Å². The highest BCUT2D eigenvalue weighted by atomic mass is 16.5. The van der Waals surface area contributed by atoms with Crippen molar-refractivity contribution in [3.05, 3.63) is 364 Å². The number of rotatable bonds is 6. The van der Waals surface area contributed by atoms with E-state index >= 15 is 0 Å². The summed E-state index contributed by atoms with van der Waals surface area (Å²) in [6, 6.07) is 77.1. The summed E-state index contributed by atoms with van der Waals surface area (Å²) in [6.45, 7) is 63.6. The number of nitrogens with zero attached hydrogens (tertiary/aromatic N) is 5. The van der Waals surface area contributed by atoms with Crippen molar-refractivity contribution in [1.29, 1.82) is 0 Å². The van der Waals surface area contributed by atoms with Crippen molar-refractivity contribution in [3.63, 3.8) is 0 Å². The molecule has 0 saturated carbocycles. The van der Waals surface area contributed by atoms with Crippen LogP contribution < -0.4 is 54.2 Å². The summed E-state index contributed by atoms with van der Waals surface area (Å²) < 4.78 is 33.0. The molecule has 0 spiro atoms. The van der Waals surface area contributed by atoms with Crippen molar-refractivity contribution in [2.24, 2.45) is 14.1 Å². The monoisotopic (exact) mass is 1960 g/mol. The number of hydrogen-bond acceptors (Lipinski definition) is 18. The van der Waals surface area contributed by atoms with E-state index in [4.69, 9.17) is 38.0 Å². The van der Waals surface area contributed by atoms with Gasteiger partial charge in [-0.2, -0.15) is 15.4 Å². The quantitative estimate of drug-likeness (QED) is 0.0717. The number of fused-ring (bicyclic) bond motifs is 5. The number of phenolic OH excluding ortho intramolecular Hbond substituents is 1. The van der Waals surface area contributed by atoms with E-state index in [-0.39, 0.29) is 67.0 Å². The third-order valence-electron chi connectivity index (χ3n) is 22.5. The highest BCUT2D eigenvalue weighted by molar-refractivity contribution is 5.89. The number of nitrogens with one attached hydrogen (secondary N) is 6. The molecule has 0 aliphatic heterocycles. The molecule has 0 bridgehead atoms. The number of carbonyl (C=O) groups excluding carboxylic acids is 2. The molecular formula is C119H154N12O13. The first-order chi connectivity index (χ1) is 67.1. The molecule has 0 unspecified atom stereocenters. The molecule has 25 nitrogen and oxygen atoms in total. The summed E-state index contributed by atoms with van der Waals surface area (Å²) in [5.74, 6) is 0.419. The Balaban J connectivity index is 0.000000241. The van der Waals surface area contributed by atoms with E-state index in [9.17, 15) is 28.8 Å². The number of aromatic amines is 3. The van der Waals surface area contributed by atoms with E-state index in [1.165, 1.54) is 78.7 Å². The zero-order chi connectivity index (χ0) is 108. The van der Waals surface area contributed by atoms with Crippen LogP contribution in [-0.2, 0) is 61.6 Å². The molecule has 11 aromatic carbocycles. The number of pyridine rings is 1. The van der Waals surface area contributed by atoms with Gasteiger partial charge in [0.2, 0.25) is 11.8 Å². The molecule has 0 saturated heterocycles. The third kappa shape index (κ3) is 38.8. The van der Waals surface area contributed by atoms with Crippen LogP contribution in [0.25, 0.3) is 55.4 Å². The van der Waals surface area contributed by atoms with Gasteiger partial charge in [0, 0.05) is 75.7 Å². The van der Waals surface area contributed by atoms with Gasteiger partial charge in [-0.05, 0) is 274 Å². The molecule has 17 rings (SSSR count). The summed E-state index contributed by atoms with van der Waals surface area (Å²) in [4.78, 5) is 74.5. The largest absolute Gasteiger partial charge is 0.508 e. The Bertz CT molecular complexity index is 7090. The number of ether oxygens (including phenoxy) is 2. The van der Waals surface area contributed by atoms with E-state index in [0.29, 0.717) is 28.1 Å². The Morgan fingerprint density at radius 3 is 1.26 bits per heavy atom. The second kappa shape index (κ2) is 52.7. The molecular weight excluding hydrogens is 1810 g/mol. The second-order valence-electron chi connectivity index (χ2n) is 42.4. The number of benzene rings is 11. The molecule has 768 valence electrons. The smallest absolute Gasteiger partial charge is 0.419 e. The number of para-hydroxylation sites is 2. The van der Waals surface area contributed by atoms with Gasteiger partial charge in [0.1, 0.15) is 28.3 Å². The van der Waals surface area contributed by atoms with Crippen LogP contribution in [0.5, 0.6) is 17.2 Å². The van der Waals surface area contributed by atoms with Crippen molar-refractivity contribution >= 4 is 90.0 Å². The highest BCUT2D eigenvalue weighted by Gasteiger charge is 2.21. The lowest BCUT2D eigenvalue weighted by atomic mass is 9.87. The molecule has 0 aliphatic carbocycles. The number of methoxy groups -OCH3 is 2. The number of nitrogen functional groups attached to an aromatic ring is 1. The molecule has 25 heteroatoms. The van der Waals surface area contributed by atoms with Crippen molar-refractivity contribution in [2.75, 3.05) is 42.4 Å². The van der Waals surface area contributed by atoms with Gasteiger partial charge >= 0.3 is 23.0 Å². The fraction of sp³-hybridized carbons (Fsp3) is 0.353. The number of phenols is 1. The number of nitrogens with two attached hydrogens (primary N) is 1. The van der Waals surface area contributed by atoms with Gasteiger partial charge in [-0.1, -0.05) is 261 Å². The van der Waals surface area contributed by atoms with Crippen LogP contribution in [0.4, 0.5) is 22.7 Å². The van der Waals surface area contributed by atoms with Crippen molar-refractivity contribution in [2.45, 2.75) is 246 Å². The fourth-order valence-corrected chi connectivity index (χ4v) is 13.7. The second-order valence-corrected chi connectivity index (χ2v) is 42.4. The van der Waals surface area contributed by atoms with Crippen molar-refractivity contribution < 1.29 is 41.8 Å². The minimum atomic E-state index is -0.398. The van der Waals surface area contributed by atoms with E-state index in [1.54, 1.807) is 34.4 Å². The molecule has 2 amide bonds. The van der Waals surface area contributed by atoms with Gasteiger partial charge in [-0.15, -0.1) is 0 Å². The van der Waals surface area contributed by atoms with Crippen molar-refractivity contribution in [3.8, 4) is 17.2 Å². The zero-order valence-corrected chi connectivity index (χ0v) is 91.0. The Morgan fingerprint density at radius 2 is 0.799 bits per heavy atom. The predicted octanol–water partition coefficient (Wildman–Crippen LogP) is 27.3. The summed E-state index contributed by atoms with van der Waals surface area (Å²) >= 11 is 0. The number of aromatic hydroxyl groups is 1. The number of H-pyrrole nitrogens is 3. The first-order valence-corrected chi connectivity index (χ1v) is 48.1. The third-order valence-corrected chi connectivity index (χ3v) is 22.5. The van der Waals surface area contributed by atoms with Crippen LogP contribution in [0, 0.1) is 41.5 Å². The van der Waals surface area contributed by atoms with E-state index in [2.05, 4.69) is 265 Å². The molecule has 0 atom stereocenters. The number of aromatic nitrogens is 8. The Kier molecular flexibility index (Phi) is 43.0. The lowest BCUT2D eigenvalue weighted by Crippen LogP contribution is -2.11. The van der Waals surface area contributed by atoms with Crippen LogP contribution in [-0.4, -0.2) is 77.2 Å². The van der Waals surface area contributed by atoms with Crippen LogP contribution in [0.1, 0.15) is 238 Å². The van der Waals surface area contributed by atoms with Crippen LogP contribution in [0.3, 0.4) is 0 Å². The van der Waals surface area contributed by atoms with Crippen LogP contribution in [0.2, 0.25) is 0 Å². The maximum Gasteiger partial charge on any atom is 0.419 e. The highest BCUT2D eigenvalue weighted by Crippen LogP contribution is 2.32. The number of aryl methyl sites for hydroxylation is 8. The van der Waals surface area contributed by atoms with Crippen LogP contribution >= 0.6 is 0 Å². The molecule has 0 aliphatic rings. The normalized spacial score (nSPS) is 11.1. The van der Waals surface area contributed by atoms with Crippen LogP contribution in [0.15, 0.2) is 286 Å². The molecule has 6 aromatic heterocycles. The summed E-state index contributed by atoms with van der Waals surface area (Å²) in [5.41, 5.74) is 33.6. The van der Waals surface area contributed by atoms with E-state index in [1.807, 2.05) is 218 Å². The Hall–Kier alpha value is -15.0. The summed E-state index contributed by atoms with van der Waals surface area (Å²) in [6.07, 6.45) is 3.71. The van der Waals surface area contributed by atoms with E-state index < -0.39 is 11.5 Å². The zero-order valence-electron chi connectivity index (χ0n) is 91.0. The lowest BCUT2D eigenvalue weighted by molar-refractivity contribution is -0.115. The van der Waals surface area contributed by atoms with Gasteiger partial charge in [-0.3, -0.25) is 33.7 Å².